The standard InChI is InChI=1S/C18H29ClN4O3S/c1-3-20-18(23-12-8-16(9-13-23)26-4-2)21-10-11-22-27(24,25)17-7-5-6-15(19)14-17/h5-7,14,16,22H,3-4,8-13H2,1-2H3,(H,20,21). The number of hydrogen-bond acceptors (Lipinski definition) is 4. The van der Waals surface area contributed by atoms with Crippen LogP contribution in [-0.2, 0) is 14.8 Å². The Morgan fingerprint density at radius 2 is 2.07 bits per heavy atom. The molecule has 0 aliphatic carbocycles. The summed E-state index contributed by atoms with van der Waals surface area (Å²) in [5, 5.41) is 3.67. The number of ether oxygens (including phenoxy) is 1. The lowest BCUT2D eigenvalue weighted by atomic mass is 10.1. The van der Waals surface area contributed by atoms with Gasteiger partial charge in [-0.3, -0.25) is 4.99 Å². The summed E-state index contributed by atoms with van der Waals surface area (Å²) in [6.07, 6.45) is 2.26. The number of benzene rings is 1. The highest BCUT2D eigenvalue weighted by Crippen LogP contribution is 2.15. The molecule has 0 bridgehead atoms. The molecule has 2 rings (SSSR count). The van der Waals surface area contributed by atoms with Crippen molar-refractivity contribution in [2.45, 2.75) is 37.7 Å². The molecule has 0 unspecified atom stereocenters. The van der Waals surface area contributed by atoms with E-state index in [1.165, 1.54) is 12.1 Å². The molecule has 0 atom stereocenters. The van der Waals surface area contributed by atoms with Crippen LogP contribution in [0.25, 0.3) is 0 Å². The van der Waals surface area contributed by atoms with Crippen molar-refractivity contribution in [2.24, 2.45) is 4.99 Å². The molecule has 1 aromatic carbocycles. The molecule has 1 saturated heterocycles. The average Bonchev–Trinajstić information content (AvgIpc) is 2.65. The molecule has 1 heterocycles. The number of likely N-dealkylation sites (tertiary alicyclic amines) is 1. The highest BCUT2D eigenvalue weighted by Gasteiger charge is 2.21. The molecule has 9 heteroatoms. The van der Waals surface area contributed by atoms with Gasteiger partial charge in [0.15, 0.2) is 5.96 Å². The van der Waals surface area contributed by atoms with Gasteiger partial charge in [-0.05, 0) is 44.9 Å². The van der Waals surface area contributed by atoms with Gasteiger partial charge in [0.1, 0.15) is 0 Å². The van der Waals surface area contributed by atoms with Crippen LogP contribution in [0.5, 0.6) is 0 Å². The first-order chi connectivity index (χ1) is 13.0. The van der Waals surface area contributed by atoms with Crippen LogP contribution in [0, 0.1) is 0 Å². The fraction of sp³-hybridized carbons (Fsp3) is 0.611. The van der Waals surface area contributed by atoms with Crippen LogP contribution in [0.4, 0.5) is 0 Å². The summed E-state index contributed by atoms with van der Waals surface area (Å²) in [5.74, 6) is 0.814. The average molecular weight is 417 g/mol. The molecule has 1 aliphatic rings. The van der Waals surface area contributed by atoms with Crippen LogP contribution in [-0.4, -0.2) is 64.7 Å². The van der Waals surface area contributed by atoms with E-state index in [1.54, 1.807) is 12.1 Å². The summed E-state index contributed by atoms with van der Waals surface area (Å²) >= 11 is 5.87. The minimum absolute atomic E-state index is 0.156. The number of sulfonamides is 1. The summed E-state index contributed by atoms with van der Waals surface area (Å²) in [6.45, 7) is 7.87. The molecule has 27 heavy (non-hydrogen) atoms. The van der Waals surface area contributed by atoms with Gasteiger partial charge >= 0.3 is 0 Å². The van der Waals surface area contributed by atoms with Gasteiger partial charge in [-0.1, -0.05) is 17.7 Å². The van der Waals surface area contributed by atoms with Crippen molar-refractivity contribution >= 4 is 27.6 Å². The van der Waals surface area contributed by atoms with Crippen LogP contribution in [0.3, 0.4) is 0 Å². The van der Waals surface area contributed by atoms with E-state index in [2.05, 4.69) is 19.9 Å². The van der Waals surface area contributed by atoms with E-state index in [4.69, 9.17) is 16.3 Å². The second kappa shape index (κ2) is 10.8. The van der Waals surface area contributed by atoms with Gasteiger partial charge < -0.3 is 15.0 Å². The largest absolute Gasteiger partial charge is 0.378 e. The first-order valence-corrected chi connectivity index (χ1v) is 11.2. The molecule has 1 fully saturated rings. The lowest BCUT2D eigenvalue weighted by Gasteiger charge is -2.34. The van der Waals surface area contributed by atoms with Crippen molar-refractivity contribution in [1.82, 2.24) is 14.9 Å². The highest BCUT2D eigenvalue weighted by atomic mass is 35.5. The van der Waals surface area contributed by atoms with Crippen molar-refractivity contribution in [3.8, 4) is 0 Å². The maximum atomic E-state index is 12.3. The molecule has 7 nitrogen and oxygen atoms in total. The maximum absolute atomic E-state index is 12.3. The summed E-state index contributed by atoms with van der Waals surface area (Å²) in [6, 6.07) is 6.20. The number of hydrogen-bond donors (Lipinski definition) is 2. The van der Waals surface area contributed by atoms with Crippen LogP contribution in [0.2, 0.25) is 5.02 Å². The van der Waals surface area contributed by atoms with Crippen molar-refractivity contribution < 1.29 is 13.2 Å². The Balaban J connectivity index is 1.88. The zero-order valence-corrected chi connectivity index (χ0v) is 17.5. The number of rotatable bonds is 8. The Morgan fingerprint density at radius 1 is 1.33 bits per heavy atom. The monoisotopic (exact) mass is 416 g/mol. The van der Waals surface area contributed by atoms with Crippen LogP contribution >= 0.6 is 11.6 Å². The van der Waals surface area contributed by atoms with Crippen LogP contribution in [0.1, 0.15) is 26.7 Å². The van der Waals surface area contributed by atoms with Crippen LogP contribution < -0.4 is 10.0 Å². The topological polar surface area (TPSA) is 83.0 Å². The molecule has 0 amide bonds. The van der Waals surface area contributed by atoms with Gasteiger partial charge in [0.25, 0.3) is 0 Å². The first-order valence-electron chi connectivity index (χ1n) is 9.36. The third-order valence-corrected chi connectivity index (χ3v) is 5.94. The molecule has 0 radical (unpaired) electrons. The fourth-order valence-electron chi connectivity index (χ4n) is 2.96. The van der Waals surface area contributed by atoms with Gasteiger partial charge in [0, 0.05) is 37.8 Å². The Hall–Kier alpha value is -1.35. The predicted octanol–water partition coefficient (Wildman–Crippen LogP) is 2.08. The maximum Gasteiger partial charge on any atom is 0.240 e. The van der Waals surface area contributed by atoms with E-state index < -0.39 is 10.0 Å². The van der Waals surface area contributed by atoms with Gasteiger partial charge in [0.2, 0.25) is 10.0 Å². The Labute approximate surface area is 167 Å². The van der Waals surface area contributed by atoms with Crippen molar-refractivity contribution in [2.75, 3.05) is 39.3 Å². The third-order valence-electron chi connectivity index (χ3n) is 4.25. The lowest BCUT2D eigenvalue weighted by Crippen LogP contribution is -2.47. The SMILES string of the molecule is CCNC(=NCCNS(=O)(=O)c1cccc(Cl)c1)N1CCC(OCC)CC1. The molecule has 1 aliphatic heterocycles. The van der Waals surface area contributed by atoms with Gasteiger partial charge in [0.05, 0.1) is 17.5 Å². The van der Waals surface area contributed by atoms with E-state index in [-0.39, 0.29) is 11.4 Å². The third kappa shape index (κ3) is 6.95. The molecule has 0 spiro atoms. The molecule has 152 valence electrons. The minimum Gasteiger partial charge on any atom is -0.378 e. The first kappa shape index (κ1) is 21.9. The van der Waals surface area contributed by atoms with Gasteiger partial charge in [-0.25, -0.2) is 13.1 Å². The summed E-state index contributed by atoms with van der Waals surface area (Å²) in [5.41, 5.74) is 0. The number of guanidine groups is 1. The Kier molecular flexibility index (Phi) is 8.82. The Morgan fingerprint density at radius 3 is 2.70 bits per heavy atom. The second-order valence-corrected chi connectivity index (χ2v) is 8.44. The molecule has 0 aromatic heterocycles. The second-order valence-electron chi connectivity index (χ2n) is 6.23. The molecular weight excluding hydrogens is 388 g/mol. The predicted molar refractivity (Wildman–Crippen MR) is 109 cm³/mol. The van der Waals surface area contributed by atoms with Crippen molar-refractivity contribution in [1.29, 1.82) is 0 Å². The van der Waals surface area contributed by atoms with E-state index in [0.29, 0.717) is 17.7 Å². The summed E-state index contributed by atoms with van der Waals surface area (Å²) in [4.78, 5) is 6.92. The normalized spacial score (nSPS) is 16.6. The molecule has 2 N–H and O–H groups in total. The van der Waals surface area contributed by atoms with Crippen molar-refractivity contribution in [3.05, 3.63) is 29.3 Å². The van der Waals surface area contributed by atoms with Gasteiger partial charge in [-0.2, -0.15) is 0 Å². The van der Waals surface area contributed by atoms with Crippen LogP contribution in [0.15, 0.2) is 34.2 Å². The smallest absolute Gasteiger partial charge is 0.240 e. The Bertz CT molecular complexity index is 719. The van der Waals surface area contributed by atoms with E-state index in [1.807, 2.05) is 13.8 Å². The fourth-order valence-corrected chi connectivity index (χ4v) is 4.28. The van der Waals surface area contributed by atoms with Gasteiger partial charge in [-0.15, -0.1) is 0 Å². The molecular formula is C18H29ClN4O3S. The van der Waals surface area contributed by atoms with E-state index >= 15 is 0 Å². The molecule has 1 aromatic rings. The minimum atomic E-state index is -3.59. The number of halogens is 1. The summed E-state index contributed by atoms with van der Waals surface area (Å²) < 4.78 is 32.8. The quantitative estimate of drug-likeness (QED) is 0.385. The number of aliphatic imine (C=N–C) groups is 1. The zero-order valence-electron chi connectivity index (χ0n) is 15.9. The number of piperidine rings is 1. The van der Waals surface area contributed by atoms with E-state index in [0.717, 1.165) is 45.0 Å². The van der Waals surface area contributed by atoms with Crippen molar-refractivity contribution in [3.63, 3.8) is 0 Å². The number of nitrogens with one attached hydrogen (secondary N) is 2. The lowest BCUT2D eigenvalue weighted by molar-refractivity contribution is 0.0264. The van der Waals surface area contributed by atoms with E-state index in [9.17, 15) is 8.42 Å². The number of nitrogens with zero attached hydrogens (tertiary/aromatic N) is 2. The highest BCUT2D eigenvalue weighted by molar-refractivity contribution is 7.89. The zero-order chi connectivity index (χ0) is 19.7. The summed E-state index contributed by atoms with van der Waals surface area (Å²) in [7, 11) is -3.59. The molecule has 0 saturated carbocycles.